The summed E-state index contributed by atoms with van der Waals surface area (Å²) in [4.78, 5) is 25.8. The van der Waals surface area contributed by atoms with Gasteiger partial charge >= 0.3 is 5.97 Å². The number of fused-ring (bicyclic) bond motifs is 1. The van der Waals surface area contributed by atoms with Crippen molar-refractivity contribution >= 4 is 40.1 Å². The molecule has 0 bridgehead atoms. The fourth-order valence-electron chi connectivity index (χ4n) is 4.06. The molecule has 1 aliphatic carbocycles. The summed E-state index contributed by atoms with van der Waals surface area (Å²) < 4.78 is 8.41. The maximum Gasteiger partial charge on any atom is 0.336 e. The summed E-state index contributed by atoms with van der Waals surface area (Å²) in [5.41, 5.74) is 3.93. The molecule has 0 atom stereocenters. The first-order valence-corrected chi connectivity index (χ1v) is 10.6. The maximum atomic E-state index is 13.4. The van der Waals surface area contributed by atoms with Gasteiger partial charge in [-0.1, -0.05) is 61.6 Å². The zero-order valence-corrected chi connectivity index (χ0v) is 17.0. The average molecular weight is 407 g/mol. The Hall–Kier alpha value is -2.86. The summed E-state index contributed by atoms with van der Waals surface area (Å²) in [6, 6.07) is 12.5. The van der Waals surface area contributed by atoms with Gasteiger partial charge in [-0.05, 0) is 37.0 Å². The first-order chi connectivity index (χ1) is 14.0. The van der Waals surface area contributed by atoms with Gasteiger partial charge in [-0.2, -0.15) is 8.75 Å². The van der Waals surface area contributed by atoms with E-state index < -0.39 is 5.97 Å². The van der Waals surface area contributed by atoms with Crippen LogP contribution < -0.4 is 0 Å². The second kappa shape index (κ2) is 8.25. The minimum absolute atomic E-state index is 0.0809. The maximum absolute atomic E-state index is 13.4. The second-order valence-electron chi connectivity index (χ2n) is 7.68. The van der Waals surface area contributed by atoms with Crippen LogP contribution in [0.2, 0.25) is 0 Å². The normalized spacial score (nSPS) is 15.5. The number of carbonyl (C=O) groups is 2. The van der Waals surface area contributed by atoms with E-state index in [0.29, 0.717) is 34.6 Å². The Balaban J connectivity index is 1.85. The fraction of sp³-hybridized carbons (Fsp3) is 0.304. The molecule has 0 aliphatic heterocycles. The van der Waals surface area contributed by atoms with Crippen molar-refractivity contribution in [1.29, 1.82) is 0 Å². The summed E-state index contributed by atoms with van der Waals surface area (Å²) in [6.45, 7) is 1.96. The van der Waals surface area contributed by atoms with E-state index in [0.717, 1.165) is 48.5 Å². The molecule has 3 aromatic rings. The summed E-state index contributed by atoms with van der Waals surface area (Å²) in [5.74, 6) is -0.940. The number of ketones is 1. The van der Waals surface area contributed by atoms with Crippen LogP contribution in [0.3, 0.4) is 0 Å². The van der Waals surface area contributed by atoms with E-state index >= 15 is 0 Å². The lowest BCUT2D eigenvalue weighted by atomic mass is 9.86. The van der Waals surface area contributed by atoms with Crippen molar-refractivity contribution in [3.05, 3.63) is 64.7 Å². The number of nitrogens with zero attached hydrogens (tertiary/aromatic N) is 2. The molecule has 1 heterocycles. The van der Waals surface area contributed by atoms with E-state index in [1.807, 2.05) is 19.1 Å². The van der Waals surface area contributed by atoms with Crippen molar-refractivity contribution < 1.29 is 14.7 Å². The lowest BCUT2D eigenvalue weighted by Gasteiger charge is -2.16. The minimum Gasteiger partial charge on any atom is -0.478 e. The van der Waals surface area contributed by atoms with Crippen molar-refractivity contribution in [1.82, 2.24) is 8.75 Å². The zero-order valence-electron chi connectivity index (χ0n) is 16.2. The van der Waals surface area contributed by atoms with Crippen molar-refractivity contribution in [2.45, 2.75) is 39.0 Å². The average Bonchev–Trinajstić information content (AvgIpc) is 3.38. The number of aromatic nitrogens is 2. The van der Waals surface area contributed by atoms with E-state index in [-0.39, 0.29) is 11.4 Å². The smallest absolute Gasteiger partial charge is 0.336 e. The molecule has 6 heteroatoms. The summed E-state index contributed by atoms with van der Waals surface area (Å²) >= 11 is 1.09. The van der Waals surface area contributed by atoms with Gasteiger partial charge < -0.3 is 5.11 Å². The Morgan fingerprint density at radius 2 is 1.66 bits per heavy atom. The molecule has 0 saturated heterocycles. The largest absolute Gasteiger partial charge is 0.478 e. The lowest BCUT2D eigenvalue weighted by molar-refractivity contribution is -0.130. The number of hydrogen-bond donors (Lipinski definition) is 1. The van der Waals surface area contributed by atoms with Crippen LogP contribution in [0.1, 0.15) is 53.6 Å². The van der Waals surface area contributed by atoms with Crippen molar-refractivity contribution in [2.24, 2.45) is 5.92 Å². The van der Waals surface area contributed by atoms with Gasteiger partial charge in [0.25, 0.3) is 0 Å². The number of aryl methyl sites for hydroxylation is 1. The predicted molar refractivity (Wildman–Crippen MR) is 114 cm³/mol. The topological polar surface area (TPSA) is 80.2 Å². The third kappa shape index (κ3) is 4.12. The standard InChI is InChI=1S/C23H22N2O3S/c1-14-6-8-16(9-7-14)22(26)18(12-15-4-2-3-5-15)21(23(27)28)17-10-11-19-20(13-17)25-29-24-19/h6-11,13,15H,2-5,12H2,1H3,(H,27,28)/b21-18+. The first-order valence-electron chi connectivity index (χ1n) is 9.83. The Labute approximate surface area is 173 Å². The Bertz CT molecular complexity index is 1090. The molecule has 5 nitrogen and oxygen atoms in total. The molecule has 0 unspecified atom stereocenters. The number of benzene rings is 2. The molecular formula is C23H22N2O3S. The molecule has 0 radical (unpaired) electrons. The molecule has 1 aromatic heterocycles. The van der Waals surface area contributed by atoms with E-state index in [9.17, 15) is 14.7 Å². The van der Waals surface area contributed by atoms with E-state index in [4.69, 9.17) is 0 Å². The van der Waals surface area contributed by atoms with Crippen molar-refractivity contribution in [3.8, 4) is 0 Å². The van der Waals surface area contributed by atoms with Crippen LogP contribution in [0.25, 0.3) is 16.6 Å². The molecular weight excluding hydrogens is 384 g/mol. The highest BCUT2D eigenvalue weighted by atomic mass is 32.1. The number of allylic oxidation sites excluding steroid dienone is 1. The monoisotopic (exact) mass is 406 g/mol. The van der Waals surface area contributed by atoms with Crippen LogP contribution in [0.4, 0.5) is 0 Å². The third-order valence-electron chi connectivity index (χ3n) is 5.61. The van der Waals surface area contributed by atoms with E-state index in [2.05, 4.69) is 8.75 Å². The number of rotatable bonds is 6. The third-order valence-corrected chi connectivity index (χ3v) is 6.17. The van der Waals surface area contributed by atoms with E-state index in [1.54, 1.807) is 30.3 Å². The van der Waals surface area contributed by atoms with Crippen molar-refractivity contribution in [2.75, 3.05) is 0 Å². The second-order valence-corrected chi connectivity index (χ2v) is 8.20. The predicted octanol–water partition coefficient (Wildman–Crippen LogP) is 5.30. The summed E-state index contributed by atoms with van der Waals surface area (Å²) in [5, 5.41) is 10.1. The highest BCUT2D eigenvalue weighted by molar-refractivity contribution is 7.00. The molecule has 0 amide bonds. The van der Waals surface area contributed by atoms with E-state index in [1.165, 1.54) is 0 Å². The quantitative estimate of drug-likeness (QED) is 0.444. The molecule has 1 N–H and O–H groups in total. The number of hydrogen-bond acceptors (Lipinski definition) is 5. The van der Waals surface area contributed by atoms with Gasteiger partial charge in [-0.3, -0.25) is 4.79 Å². The summed E-state index contributed by atoms with van der Waals surface area (Å²) in [7, 11) is 0. The molecule has 148 valence electrons. The summed E-state index contributed by atoms with van der Waals surface area (Å²) in [6.07, 6.45) is 4.83. The van der Waals surface area contributed by atoms with Gasteiger partial charge in [0.05, 0.1) is 17.3 Å². The first kappa shape index (κ1) is 19.5. The van der Waals surface area contributed by atoms with Gasteiger partial charge in [0.1, 0.15) is 11.0 Å². The highest BCUT2D eigenvalue weighted by Crippen LogP contribution is 2.35. The molecule has 0 spiro atoms. The number of aliphatic carboxylic acids is 1. The van der Waals surface area contributed by atoms with Crippen LogP contribution >= 0.6 is 11.7 Å². The van der Waals surface area contributed by atoms with Gasteiger partial charge in [0.15, 0.2) is 5.78 Å². The molecule has 1 aliphatic rings. The number of carboxylic acids is 1. The van der Waals surface area contributed by atoms with Crippen LogP contribution in [0.15, 0.2) is 48.0 Å². The molecule has 1 saturated carbocycles. The molecule has 1 fully saturated rings. The van der Waals surface area contributed by atoms with Gasteiger partial charge in [0.2, 0.25) is 0 Å². The highest BCUT2D eigenvalue weighted by Gasteiger charge is 2.27. The van der Waals surface area contributed by atoms with Crippen LogP contribution in [-0.2, 0) is 4.79 Å². The molecule has 29 heavy (non-hydrogen) atoms. The lowest BCUT2D eigenvalue weighted by Crippen LogP contribution is -2.14. The van der Waals surface area contributed by atoms with Crippen LogP contribution in [0.5, 0.6) is 0 Å². The Kier molecular flexibility index (Phi) is 5.53. The van der Waals surface area contributed by atoms with Gasteiger partial charge in [-0.15, -0.1) is 0 Å². The number of Topliss-reactive ketones (excluding diaryl/α,β-unsaturated/α-hetero) is 1. The van der Waals surface area contributed by atoms with Gasteiger partial charge in [0, 0.05) is 11.1 Å². The van der Waals surface area contributed by atoms with Crippen LogP contribution in [-0.4, -0.2) is 25.6 Å². The van der Waals surface area contributed by atoms with Crippen LogP contribution in [0, 0.1) is 12.8 Å². The SMILES string of the molecule is Cc1ccc(C(=O)/C(CC2CCCC2)=C(/C(=O)O)c2ccc3nsnc3c2)cc1. The van der Waals surface area contributed by atoms with Gasteiger partial charge in [-0.25, -0.2) is 4.79 Å². The Morgan fingerprint density at radius 3 is 2.34 bits per heavy atom. The fourth-order valence-corrected chi connectivity index (χ4v) is 4.57. The Morgan fingerprint density at radius 1 is 1.00 bits per heavy atom. The molecule has 2 aromatic carbocycles. The number of carboxylic acid groups (broad SMARTS) is 1. The molecule has 4 rings (SSSR count). The van der Waals surface area contributed by atoms with Crippen molar-refractivity contribution in [3.63, 3.8) is 0 Å². The number of carbonyl (C=O) groups excluding carboxylic acids is 1. The minimum atomic E-state index is -1.08. The zero-order chi connectivity index (χ0) is 20.4.